The van der Waals surface area contributed by atoms with Crippen molar-refractivity contribution < 1.29 is 13.9 Å². The van der Waals surface area contributed by atoms with Gasteiger partial charge in [0.2, 0.25) is 0 Å². The summed E-state index contributed by atoms with van der Waals surface area (Å²) >= 11 is 1.36. The molecule has 110 valence electrons. The third-order valence-electron chi connectivity index (χ3n) is 2.90. The summed E-state index contributed by atoms with van der Waals surface area (Å²) in [6, 6.07) is 4.54. The first-order valence-corrected chi connectivity index (χ1v) is 7.06. The Balaban J connectivity index is 2.41. The summed E-state index contributed by atoms with van der Waals surface area (Å²) in [4.78, 5) is 16.8. The summed E-state index contributed by atoms with van der Waals surface area (Å²) in [6.45, 7) is 1.82. The molecule has 0 aliphatic rings. The van der Waals surface area contributed by atoms with Gasteiger partial charge in [0.1, 0.15) is 10.8 Å². The molecular formula is C15H15FN2O2S. The number of rotatable bonds is 4. The van der Waals surface area contributed by atoms with Crippen molar-refractivity contribution in [2.45, 2.75) is 6.92 Å². The molecular weight excluding hydrogens is 291 g/mol. The van der Waals surface area contributed by atoms with Gasteiger partial charge in [0, 0.05) is 18.8 Å². The number of carbonyl (C=O) groups is 1. The number of hydrogen-bond donors (Lipinski definition) is 1. The number of methoxy groups -OCH3 is 1. The Morgan fingerprint density at radius 2 is 2.24 bits per heavy atom. The largest absolute Gasteiger partial charge is 0.503 e. The molecule has 1 amide bonds. The Labute approximate surface area is 126 Å². The maximum Gasteiger partial charge on any atom is 0.255 e. The predicted molar refractivity (Wildman–Crippen MR) is 81.3 cm³/mol. The van der Waals surface area contributed by atoms with E-state index in [2.05, 4.69) is 10.3 Å². The summed E-state index contributed by atoms with van der Waals surface area (Å²) in [7, 11) is 3.03. The van der Waals surface area contributed by atoms with Crippen molar-refractivity contribution in [3.05, 3.63) is 46.9 Å². The van der Waals surface area contributed by atoms with E-state index >= 15 is 0 Å². The van der Waals surface area contributed by atoms with E-state index < -0.39 is 0 Å². The quantitative estimate of drug-likeness (QED) is 0.698. The lowest BCUT2D eigenvalue weighted by Gasteiger charge is -2.03. The van der Waals surface area contributed by atoms with E-state index in [9.17, 15) is 9.18 Å². The molecule has 0 saturated heterocycles. The van der Waals surface area contributed by atoms with Crippen LogP contribution in [0.1, 0.15) is 10.4 Å². The molecule has 1 aromatic carbocycles. The highest BCUT2D eigenvalue weighted by molar-refractivity contribution is 7.16. The molecule has 0 aliphatic heterocycles. The number of ether oxygens (including phenoxy) is 1. The Morgan fingerprint density at radius 1 is 1.48 bits per heavy atom. The third-order valence-corrected chi connectivity index (χ3v) is 3.96. The minimum absolute atomic E-state index is 0.247. The summed E-state index contributed by atoms with van der Waals surface area (Å²) in [6.07, 6.45) is 3.00. The van der Waals surface area contributed by atoms with Crippen LogP contribution in [0.3, 0.4) is 0 Å². The number of hydrogen-bond acceptors (Lipinski definition) is 4. The number of benzene rings is 1. The molecule has 0 unspecified atom stereocenters. The van der Waals surface area contributed by atoms with E-state index in [1.807, 2.05) is 6.92 Å². The van der Waals surface area contributed by atoms with E-state index in [0.717, 1.165) is 16.1 Å². The number of amides is 1. The molecule has 0 radical (unpaired) electrons. The number of aromatic nitrogens is 1. The van der Waals surface area contributed by atoms with Crippen LogP contribution >= 0.6 is 11.3 Å². The van der Waals surface area contributed by atoms with Crippen LogP contribution in [0.2, 0.25) is 0 Å². The second-order valence-corrected chi connectivity index (χ2v) is 5.37. The maximum atomic E-state index is 13.2. The normalized spacial score (nSPS) is 11.3. The lowest BCUT2D eigenvalue weighted by atomic mass is 10.1. The lowest BCUT2D eigenvalue weighted by molar-refractivity contribution is -0.115. The number of thiazole rings is 1. The Bertz CT molecular complexity index is 695. The van der Waals surface area contributed by atoms with Crippen molar-refractivity contribution in [1.29, 1.82) is 0 Å². The molecule has 21 heavy (non-hydrogen) atoms. The van der Waals surface area contributed by atoms with Crippen molar-refractivity contribution >= 4 is 22.8 Å². The van der Waals surface area contributed by atoms with Gasteiger partial charge in [-0.25, -0.2) is 9.37 Å². The SMILES string of the molecule is CNC(=O)C(=COC)c1cnc(-c2ccc(F)cc2C)s1. The molecule has 0 fully saturated rings. The van der Waals surface area contributed by atoms with Crippen molar-refractivity contribution in [3.63, 3.8) is 0 Å². The van der Waals surface area contributed by atoms with Crippen LogP contribution in [0.5, 0.6) is 0 Å². The maximum absolute atomic E-state index is 13.2. The highest BCUT2D eigenvalue weighted by atomic mass is 32.1. The first-order valence-electron chi connectivity index (χ1n) is 6.24. The monoisotopic (exact) mass is 306 g/mol. The number of nitrogens with one attached hydrogen (secondary N) is 1. The average Bonchev–Trinajstić information content (AvgIpc) is 2.93. The number of nitrogens with zero attached hydrogens (tertiary/aromatic N) is 1. The zero-order valence-electron chi connectivity index (χ0n) is 11.9. The van der Waals surface area contributed by atoms with Gasteiger partial charge in [-0.1, -0.05) is 0 Å². The fourth-order valence-electron chi connectivity index (χ4n) is 1.87. The second kappa shape index (κ2) is 6.49. The molecule has 2 rings (SSSR count). The predicted octanol–water partition coefficient (Wildman–Crippen LogP) is 2.99. The Morgan fingerprint density at radius 3 is 2.86 bits per heavy atom. The van der Waals surface area contributed by atoms with E-state index in [4.69, 9.17) is 4.74 Å². The standard InChI is InChI=1S/C15H15FN2O2S/c1-9-6-10(16)4-5-11(9)15-18-7-13(21-15)12(8-20-3)14(19)17-2/h4-8H,1-3H3,(H,17,19). The molecule has 4 nitrogen and oxygen atoms in total. The molecule has 0 saturated carbocycles. The van der Waals surface area contributed by atoms with Crippen LogP contribution in [0.4, 0.5) is 4.39 Å². The molecule has 0 atom stereocenters. The first-order chi connectivity index (χ1) is 10.1. The van der Waals surface area contributed by atoms with Gasteiger partial charge in [-0.05, 0) is 30.7 Å². The van der Waals surface area contributed by atoms with Crippen molar-refractivity contribution in [3.8, 4) is 10.6 Å². The van der Waals surface area contributed by atoms with Crippen LogP contribution in [0.15, 0.2) is 30.7 Å². The highest BCUT2D eigenvalue weighted by Crippen LogP contribution is 2.31. The van der Waals surface area contributed by atoms with E-state index in [1.165, 1.54) is 36.8 Å². The van der Waals surface area contributed by atoms with Gasteiger partial charge >= 0.3 is 0 Å². The topological polar surface area (TPSA) is 51.2 Å². The summed E-state index contributed by atoms with van der Waals surface area (Å²) in [5.41, 5.74) is 2.05. The lowest BCUT2D eigenvalue weighted by Crippen LogP contribution is -2.18. The second-order valence-electron chi connectivity index (χ2n) is 4.34. The number of aryl methyl sites for hydroxylation is 1. The smallest absolute Gasteiger partial charge is 0.255 e. The van der Waals surface area contributed by atoms with E-state index in [0.29, 0.717) is 10.5 Å². The van der Waals surface area contributed by atoms with Crippen molar-refractivity contribution in [1.82, 2.24) is 10.3 Å². The fraction of sp³-hybridized carbons (Fsp3) is 0.200. The number of carbonyl (C=O) groups excluding carboxylic acids is 1. The summed E-state index contributed by atoms with van der Waals surface area (Å²) in [5.74, 6) is -0.527. The Kier molecular flexibility index (Phi) is 4.70. The average molecular weight is 306 g/mol. The minimum Gasteiger partial charge on any atom is -0.503 e. The van der Waals surface area contributed by atoms with Gasteiger partial charge in [-0.3, -0.25) is 4.79 Å². The Hall–Kier alpha value is -2.21. The molecule has 1 aromatic heterocycles. The van der Waals surface area contributed by atoms with Gasteiger partial charge in [0.25, 0.3) is 5.91 Å². The first kappa shape index (κ1) is 15.2. The molecule has 0 bridgehead atoms. The molecule has 6 heteroatoms. The third kappa shape index (κ3) is 3.28. The molecule has 1 heterocycles. The molecule has 1 N–H and O–H groups in total. The van der Waals surface area contributed by atoms with Gasteiger partial charge < -0.3 is 10.1 Å². The highest BCUT2D eigenvalue weighted by Gasteiger charge is 2.16. The molecule has 2 aromatic rings. The van der Waals surface area contributed by atoms with Crippen LogP contribution in [0, 0.1) is 12.7 Å². The van der Waals surface area contributed by atoms with Gasteiger partial charge in [-0.2, -0.15) is 0 Å². The number of likely N-dealkylation sites (N-methyl/N-ethyl adjacent to an activating group) is 1. The molecule has 0 aliphatic carbocycles. The minimum atomic E-state index is -0.279. The van der Waals surface area contributed by atoms with Crippen molar-refractivity contribution in [2.75, 3.05) is 14.2 Å². The van der Waals surface area contributed by atoms with E-state index in [1.54, 1.807) is 19.3 Å². The van der Waals surface area contributed by atoms with Gasteiger partial charge in [-0.15, -0.1) is 11.3 Å². The zero-order chi connectivity index (χ0) is 15.4. The van der Waals surface area contributed by atoms with Crippen LogP contribution in [-0.4, -0.2) is 25.0 Å². The van der Waals surface area contributed by atoms with Crippen LogP contribution in [0.25, 0.3) is 16.1 Å². The van der Waals surface area contributed by atoms with Gasteiger partial charge in [0.15, 0.2) is 0 Å². The number of halogens is 1. The van der Waals surface area contributed by atoms with Crippen LogP contribution in [-0.2, 0) is 9.53 Å². The summed E-state index contributed by atoms with van der Waals surface area (Å²) < 4.78 is 18.1. The molecule has 0 spiro atoms. The van der Waals surface area contributed by atoms with Gasteiger partial charge in [0.05, 0.1) is 23.8 Å². The van der Waals surface area contributed by atoms with Crippen molar-refractivity contribution in [2.24, 2.45) is 0 Å². The fourth-order valence-corrected chi connectivity index (χ4v) is 2.88. The summed E-state index contributed by atoms with van der Waals surface area (Å²) in [5, 5.41) is 3.29. The van der Waals surface area contributed by atoms with Crippen LogP contribution < -0.4 is 5.32 Å². The zero-order valence-corrected chi connectivity index (χ0v) is 12.8. The van der Waals surface area contributed by atoms with E-state index in [-0.39, 0.29) is 11.7 Å².